The van der Waals surface area contributed by atoms with E-state index in [1.165, 1.54) is 0 Å². The van der Waals surface area contributed by atoms with Crippen LogP contribution in [-0.2, 0) is 11.3 Å². The maximum absolute atomic E-state index is 12.1. The summed E-state index contributed by atoms with van der Waals surface area (Å²) < 4.78 is 17.1. The van der Waals surface area contributed by atoms with Crippen molar-refractivity contribution < 1.29 is 19.0 Å². The molecule has 150 valence electrons. The van der Waals surface area contributed by atoms with Crippen LogP contribution in [0, 0.1) is 0 Å². The van der Waals surface area contributed by atoms with Crippen LogP contribution in [0.4, 0.5) is 4.79 Å². The number of hydrogen-bond donors (Lipinski definition) is 0. The molecule has 1 fully saturated rings. The SMILES string of the molecule is CC(C)(C)OC(=O)N1CCC(Oc2ccnc(COc3ccccc3)n2)CC1. The maximum atomic E-state index is 12.1. The standard InChI is InChI=1S/C21H27N3O4/c1-21(2,3)28-20(25)24-13-10-17(11-14-24)27-19-9-12-22-18(23-19)15-26-16-7-5-4-6-8-16/h4-9,12,17H,10-11,13-15H2,1-3H3. The number of carbonyl (C=O) groups is 1. The topological polar surface area (TPSA) is 73.8 Å². The summed E-state index contributed by atoms with van der Waals surface area (Å²) in [6, 6.07) is 11.3. The van der Waals surface area contributed by atoms with Gasteiger partial charge >= 0.3 is 6.09 Å². The van der Waals surface area contributed by atoms with Crippen LogP contribution < -0.4 is 9.47 Å². The van der Waals surface area contributed by atoms with Gasteiger partial charge in [-0.25, -0.2) is 9.78 Å². The first kappa shape index (κ1) is 19.9. The molecule has 2 heterocycles. The number of amides is 1. The first-order valence-electron chi connectivity index (χ1n) is 9.53. The van der Waals surface area contributed by atoms with Crippen LogP contribution in [0.5, 0.6) is 11.6 Å². The summed E-state index contributed by atoms with van der Waals surface area (Å²) in [6.45, 7) is 7.10. The fourth-order valence-electron chi connectivity index (χ4n) is 2.83. The van der Waals surface area contributed by atoms with E-state index >= 15 is 0 Å². The molecule has 0 N–H and O–H groups in total. The molecule has 28 heavy (non-hydrogen) atoms. The van der Waals surface area contributed by atoms with E-state index in [1.807, 2.05) is 51.1 Å². The molecule has 7 heteroatoms. The van der Waals surface area contributed by atoms with Crippen molar-refractivity contribution in [2.75, 3.05) is 13.1 Å². The summed E-state index contributed by atoms with van der Waals surface area (Å²) in [4.78, 5) is 22.5. The van der Waals surface area contributed by atoms with Gasteiger partial charge in [-0.1, -0.05) is 18.2 Å². The van der Waals surface area contributed by atoms with Crippen molar-refractivity contribution >= 4 is 6.09 Å². The molecule has 0 spiro atoms. The Morgan fingerprint density at radius 2 is 1.86 bits per heavy atom. The second kappa shape index (κ2) is 8.91. The number of piperidine rings is 1. The smallest absolute Gasteiger partial charge is 0.410 e. The molecule has 0 atom stereocenters. The van der Waals surface area contributed by atoms with Gasteiger partial charge in [-0.05, 0) is 32.9 Å². The molecule has 0 bridgehead atoms. The molecule has 1 saturated heterocycles. The number of ether oxygens (including phenoxy) is 3. The number of aromatic nitrogens is 2. The number of rotatable bonds is 5. The molecule has 1 aliphatic heterocycles. The monoisotopic (exact) mass is 385 g/mol. The summed E-state index contributed by atoms with van der Waals surface area (Å²) in [6.07, 6.45) is 2.88. The Morgan fingerprint density at radius 3 is 2.54 bits per heavy atom. The van der Waals surface area contributed by atoms with E-state index in [2.05, 4.69) is 9.97 Å². The Kier molecular flexibility index (Phi) is 6.34. The molecule has 7 nitrogen and oxygen atoms in total. The van der Waals surface area contributed by atoms with Crippen molar-refractivity contribution in [2.24, 2.45) is 0 Å². The molecule has 0 radical (unpaired) electrons. The lowest BCUT2D eigenvalue weighted by molar-refractivity contribution is 0.0122. The fourth-order valence-corrected chi connectivity index (χ4v) is 2.83. The van der Waals surface area contributed by atoms with Crippen LogP contribution in [0.15, 0.2) is 42.6 Å². The van der Waals surface area contributed by atoms with Gasteiger partial charge < -0.3 is 19.1 Å². The highest BCUT2D eigenvalue weighted by molar-refractivity contribution is 5.68. The van der Waals surface area contributed by atoms with E-state index in [0.29, 0.717) is 24.8 Å². The van der Waals surface area contributed by atoms with Crippen molar-refractivity contribution in [3.63, 3.8) is 0 Å². The zero-order valence-corrected chi connectivity index (χ0v) is 16.6. The summed E-state index contributed by atoms with van der Waals surface area (Å²) >= 11 is 0. The van der Waals surface area contributed by atoms with Gasteiger partial charge in [-0.3, -0.25) is 0 Å². The van der Waals surface area contributed by atoms with E-state index in [4.69, 9.17) is 14.2 Å². The number of likely N-dealkylation sites (tertiary alicyclic amines) is 1. The average molecular weight is 385 g/mol. The third-order valence-corrected chi connectivity index (χ3v) is 4.17. The number of para-hydroxylation sites is 1. The second-order valence-electron chi connectivity index (χ2n) is 7.70. The first-order chi connectivity index (χ1) is 13.4. The van der Waals surface area contributed by atoms with E-state index < -0.39 is 5.60 Å². The molecular weight excluding hydrogens is 358 g/mol. The number of carbonyl (C=O) groups excluding carboxylic acids is 1. The van der Waals surface area contributed by atoms with Crippen LogP contribution in [0.25, 0.3) is 0 Å². The quantitative estimate of drug-likeness (QED) is 0.779. The molecule has 2 aromatic rings. The van der Waals surface area contributed by atoms with Gasteiger partial charge in [-0.15, -0.1) is 0 Å². The second-order valence-corrected chi connectivity index (χ2v) is 7.70. The molecule has 1 amide bonds. The van der Waals surface area contributed by atoms with Crippen molar-refractivity contribution in [1.82, 2.24) is 14.9 Å². The Hall–Kier alpha value is -2.83. The van der Waals surface area contributed by atoms with E-state index in [0.717, 1.165) is 18.6 Å². The highest BCUT2D eigenvalue weighted by Gasteiger charge is 2.27. The average Bonchev–Trinajstić information content (AvgIpc) is 2.67. The number of nitrogens with zero attached hydrogens (tertiary/aromatic N) is 3. The highest BCUT2D eigenvalue weighted by atomic mass is 16.6. The van der Waals surface area contributed by atoms with Crippen molar-refractivity contribution in [3.8, 4) is 11.6 Å². The zero-order valence-electron chi connectivity index (χ0n) is 16.6. The molecule has 1 aliphatic rings. The largest absolute Gasteiger partial charge is 0.486 e. The normalized spacial score (nSPS) is 15.2. The van der Waals surface area contributed by atoms with Crippen LogP contribution in [0.1, 0.15) is 39.4 Å². The predicted molar refractivity (Wildman–Crippen MR) is 104 cm³/mol. The van der Waals surface area contributed by atoms with Crippen LogP contribution in [0.3, 0.4) is 0 Å². The van der Waals surface area contributed by atoms with Gasteiger partial charge in [0.05, 0.1) is 0 Å². The predicted octanol–water partition coefficient (Wildman–Crippen LogP) is 3.83. The minimum atomic E-state index is -0.483. The molecule has 0 unspecified atom stereocenters. The van der Waals surface area contributed by atoms with Gasteiger partial charge in [-0.2, -0.15) is 4.98 Å². The zero-order chi connectivity index (χ0) is 20.0. The van der Waals surface area contributed by atoms with Gasteiger partial charge in [0.2, 0.25) is 5.88 Å². The molecule has 1 aromatic heterocycles. The third-order valence-electron chi connectivity index (χ3n) is 4.17. The van der Waals surface area contributed by atoms with E-state index in [1.54, 1.807) is 17.2 Å². The Labute approximate surface area is 165 Å². The van der Waals surface area contributed by atoms with Gasteiger partial charge in [0.15, 0.2) is 5.82 Å². The van der Waals surface area contributed by atoms with Crippen molar-refractivity contribution in [2.45, 2.75) is 51.9 Å². The Balaban J connectivity index is 1.48. The van der Waals surface area contributed by atoms with Crippen molar-refractivity contribution in [3.05, 3.63) is 48.4 Å². The lowest BCUT2D eigenvalue weighted by Crippen LogP contribution is -2.44. The van der Waals surface area contributed by atoms with Gasteiger partial charge in [0.1, 0.15) is 24.1 Å². The number of hydrogen-bond acceptors (Lipinski definition) is 6. The lowest BCUT2D eigenvalue weighted by atomic mass is 10.1. The van der Waals surface area contributed by atoms with E-state index in [9.17, 15) is 4.79 Å². The van der Waals surface area contributed by atoms with Crippen LogP contribution >= 0.6 is 0 Å². The minimum absolute atomic E-state index is 0.0106. The fraction of sp³-hybridized carbons (Fsp3) is 0.476. The minimum Gasteiger partial charge on any atom is -0.486 e. The summed E-state index contributed by atoms with van der Waals surface area (Å²) in [5.74, 6) is 1.86. The Bertz CT molecular complexity index is 769. The number of benzene rings is 1. The van der Waals surface area contributed by atoms with E-state index in [-0.39, 0.29) is 18.8 Å². The summed E-state index contributed by atoms with van der Waals surface area (Å²) in [5, 5.41) is 0. The molecular formula is C21H27N3O4. The highest BCUT2D eigenvalue weighted by Crippen LogP contribution is 2.19. The molecule has 0 aliphatic carbocycles. The summed E-state index contributed by atoms with van der Waals surface area (Å²) in [5.41, 5.74) is -0.483. The summed E-state index contributed by atoms with van der Waals surface area (Å²) in [7, 11) is 0. The van der Waals surface area contributed by atoms with Crippen molar-refractivity contribution in [1.29, 1.82) is 0 Å². The van der Waals surface area contributed by atoms with Gasteiger partial charge in [0, 0.05) is 38.2 Å². The molecule has 0 saturated carbocycles. The molecule has 3 rings (SSSR count). The molecule has 1 aromatic carbocycles. The van der Waals surface area contributed by atoms with Crippen LogP contribution in [0.2, 0.25) is 0 Å². The maximum Gasteiger partial charge on any atom is 0.410 e. The van der Waals surface area contributed by atoms with Crippen LogP contribution in [-0.4, -0.2) is 45.8 Å². The first-order valence-corrected chi connectivity index (χ1v) is 9.53. The lowest BCUT2D eigenvalue weighted by Gasteiger charge is -2.33. The third kappa shape index (κ3) is 6.11. The Morgan fingerprint density at radius 1 is 1.14 bits per heavy atom. The van der Waals surface area contributed by atoms with Gasteiger partial charge in [0.25, 0.3) is 0 Å².